The lowest BCUT2D eigenvalue weighted by Gasteiger charge is -2.18. The van der Waals surface area contributed by atoms with E-state index in [1.165, 1.54) is 16.4 Å². The first kappa shape index (κ1) is 18.3. The molecule has 2 aromatic rings. The minimum atomic E-state index is -3.69. The number of nitrogens with zero attached hydrogens (tertiary/aromatic N) is 2. The van der Waals surface area contributed by atoms with Gasteiger partial charge in [0.2, 0.25) is 10.0 Å². The summed E-state index contributed by atoms with van der Waals surface area (Å²) in [6.45, 7) is 2.82. The van der Waals surface area contributed by atoms with Gasteiger partial charge >= 0.3 is 0 Å². The van der Waals surface area contributed by atoms with E-state index >= 15 is 0 Å². The van der Waals surface area contributed by atoms with E-state index in [1.807, 2.05) is 37.3 Å². The summed E-state index contributed by atoms with van der Waals surface area (Å²) in [6, 6.07) is 13.4. The molecule has 0 unspecified atom stereocenters. The highest BCUT2D eigenvalue weighted by molar-refractivity contribution is 7.89. The van der Waals surface area contributed by atoms with Crippen LogP contribution in [0.15, 0.2) is 53.4 Å². The number of nitro groups is 1. The highest BCUT2D eigenvalue weighted by Gasteiger charge is 2.29. The Hall–Kier alpha value is -2.45. The van der Waals surface area contributed by atoms with Gasteiger partial charge in [-0.3, -0.25) is 10.1 Å². The van der Waals surface area contributed by atoms with E-state index < -0.39 is 14.9 Å². The van der Waals surface area contributed by atoms with Crippen LogP contribution in [0.3, 0.4) is 0 Å². The molecule has 1 N–H and O–H groups in total. The molecule has 138 valence electrons. The minimum Gasteiger partial charge on any atom is -0.373 e. The van der Waals surface area contributed by atoms with Gasteiger partial charge in [0.1, 0.15) is 5.69 Å². The lowest BCUT2D eigenvalue weighted by atomic mass is 10.1. The van der Waals surface area contributed by atoms with Gasteiger partial charge in [-0.2, -0.15) is 4.31 Å². The maximum atomic E-state index is 12.6. The average Bonchev–Trinajstić information content (AvgIpc) is 3.18. The topological polar surface area (TPSA) is 92.6 Å². The number of nitrogens with one attached hydrogen (secondary N) is 1. The van der Waals surface area contributed by atoms with Crippen LogP contribution in [0.1, 0.15) is 31.4 Å². The molecule has 0 saturated carbocycles. The lowest BCUT2D eigenvalue weighted by molar-refractivity contribution is -0.384. The molecule has 8 heteroatoms. The van der Waals surface area contributed by atoms with Gasteiger partial charge < -0.3 is 5.32 Å². The molecule has 0 aliphatic carbocycles. The monoisotopic (exact) mass is 375 g/mol. The molecule has 1 atom stereocenters. The minimum absolute atomic E-state index is 0.0379. The number of hydrogen-bond donors (Lipinski definition) is 1. The Morgan fingerprint density at radius 1 is 1.12 bits per heavy atom. The summed E-state index contributed by atoms with van der Waals surface area (Å²) < 4.78 is 26.7. The van der Waals surface area contributed by atoms with Crippen LogP contribution in [-0.4, -0.2) is 30.7 Å². The van der Waals surface area contributed by atoms with Gasteiger partial charge in [0.15, 0.2) is 0 Å². The standard InChI is InChI=1S/C18H21N3O4S/c1-14(15-7-3-2-4-8-15)19-17-10-9-16(13-18(17)21(22)23)26(24,25)20-11-5-6-12-20/h2-4,7-10,13-14,19H,5-6,11-12H2,1H3/t14-/m0/s1. The van der Waals surface area contributed by atoms with Gasteiger partial charge in [-0.1, -0.05) is 30.3 Å². The van der Waals surface area contributed by atoms with E-state index in [1.54, 1.807) is 0 Å². The van der Waals surface area contributed by atoms with Crippen molar-refractivity contribution in [2.45, 2.75) is 30.7 Å². The fraction of sp³-hybridized carbons (Fsp3) is 0.333. The predicted molar refractivity (Wildman–Crippen MR) is 99.6 cm³/mol. The Morgan fingerprint density at radius 3 is 2.38 bits per heavy atom. The van der Waals surface area contributed by atoms with E-state index in [2.05, 4.69) is 5.32 Å². The van der Waals surface area contributed by atoms with Crippen LogP contribution in [0.25, 0.3) is 0 Å². The van der Waals surface area contributed by atoms with Crippen LogP contribution >= 0.6 is 0 Å². The van der Waals surface area contributed by atoms with Crippen LogP contribution in [0.4, 0.5) is 11.4 Å². The molecule has 0 amide bonds. The second-order valence-electron chi connectivity index (χ2n) is 6.32. The molecule has 0 radical (unpaired) electrons. The van der Waals surface area contributed by atoms with Crippen molar-refractivity contribution in [2.24, 2.45) is 0 Å². The van der Waals surface area contributed by atoms with Gasteiger partial charge in [-0.05, 0) is 37.5 Å². The first-order valence-corrected chi connectivity index (χ1v) is 9.93. The van der Waals surface area contributed by atoms with Gasteiger partial charge in [-0.25, -0.2) is 8.42 Å². The zero-order valence-corrected chi connectivity index (χ0v) is 15.3. The van der Waals surface area contributed by atoms with Crippen molar-refractivity contribution in [3.05, 3.63) is 64.2 Å². The normalized spacial score (nSPS) is 16.3. The first-order chi connectivity index (χ1) is 12.4. The number of nitro benzene ring substituents is 1. The van der Waals surface area contributed by atoms with Crippen molar-refractivity contribution in [2.75, 3.05) is 18.4 Å². The zero-order valence-electron chi connectivity index (χ0n) is 14.5. The molecule has 0 spiro atoms. The van der Waals surface area contributed by atoms with Gasteiger partial charge in [0, 0.05) is 25.2 Å². The Bertz CT molecular complexity index is 894. The highest BCUT2D eigenvalue weighted by atomic mass is 32.2. The van der Waals surface area contributed by atoms with Gasteiger partial charge in [0.25, 0.3) is 5.69 Å². The largest absolute Gasteiger partial charge is 0.373 e. The third kappa shape index (κ3) is 3.71. The Morgan fingerprint density at radius 2 is 1.77 bits per heavy atom. The molecule has 7 nitrogen and oxygen atoms in total. The van der Waals surface area contributed by atoms with E-state index in [0.717, 1.165) is 24.5 Å². The molecule has 1 heterocycles. The molecule has 2 aromatic carbocycles. The van der Waals surface area contributed by atoms with Crippen molar-refractivity contribution in [1.82, 2.24) is 4.31 Å². The van der Waals surface area contributed by atoms with Crippen LogP contribution in [0.5, 0.6) is 0 Å². The predicted octanol–water partition coefficient (Wildman–Crippen LogP) is 3.55. The van der Waals surface area contributed by atoms with Gasteiger partial charge in [0.05, 0.1) is 9.82 Å². The first-order valence-electron chi connectivity index (χ1n) is 8.49. The van der Waals surface area contributed by atoms with Crippen molar-refractivity contribution >= 4 is 21.4 Å². The Balaban J connectivity index is 1.91. The number of anilines is 1. The van der Waals surface area contributed by atoms with E-state index in [4.69, 9.17) is 0 Å². The Labute approximate surface area is 152 Å². The molecule has 1 saturated heterocycles. The molecule has 0 aromatic heterocycles. The summed E-state index contributed by atoms with van der Waals surface area (Å²) in [5.41, 5.74) is 1.04. The van der Waals surface area contributed by atoms with Crippen molar-refractivity contribution < 1.29 is 13.3 Å². The second-order valence-corrected chi connectivity index (χ2v) is 8.26. The lowest BCUT2D eigenvalue weighted by Crippen LogP contribution is -2.27. The molecule has 1 aliphatic heterocycles. The summed E-state index contributed by atoms with van der Waals surface area (Å²) in [4.78, 5) is 10.9. The van der Waals surface area contributed by atoms with Crippen molar-refractivity contribution in [3.8, 4) is 0 Å². The number of hydrogen-bond acceptors (Lipinski definition) is 5. The van der Waals surface area contributed by atoms with Crippen molar-refractivity contribution in [3.63, 3.8) is 0 Å². The smallest absolute Gasteiger partial charge is 0.293 e. The van der Waals surface area contributed by atoms with E-state index in [0.29, 0.717) is 18.8 Å². The zero-order chi connectivity index (χ0) is 18.7. The van der Waals surface area contributed by atoms with Gasteiger partial charge in [-0.15, -0.1) is 0 Å². The SMILES string of the molecule is C[C@H](Nc1ccc(S(=O)(=O)N2CCCC2)cc1[N+](=O)[O-])c1ccccc1. The summed E-state index contributed by atoms with van der Waals surface area (Å²) in [5, 5.41) is 14.6. The van der Waals surface area contributed by atoms with Crippen molar-refractivity contribution in [1.29, 1.82) is 0 Å². The third-order valence-corrected chi connectivity index (χ3v) is 6.43. The summed E-state index contributed by atoms with van der Waals surface area (Å²) in [7, 11) is -3.69. The maximum Gasteiger partial charge on any atom is 0.293 e. The van der Waals surface area contributed by atoms with E-state index in [9.17, 15) is 18.5 Å². The van der Waals surface area contributed by atoms with Crippen LogP contribution in [-0.2, 0) is 10.0 Å². The maximum absolute atomic E-state index is 12.6. The average molecular weight is 375 g/mol. The number of sulfonamides is 1. The summed E-state index contributed by atoms with van der Waals surface area (Å²) >= 11 is 0. The molecule has 1 aliphatic rings. The van der Waals surface area contributed by atoms with Crippen LogP contribution in [0, 0.1) is 10.1 Å². The number of rotatable bonds is 6. The molecule has 26 heavy (non-hydrogen) atoms. The second kappa shape index (κ2) is 7.43. The fourth-order valence-corrected chi connectivity index (χ4v) is 4.62. The number of benzene rings is 2. The molecular weight excluding hydrogens is 354 g/mol. The van der Waals surface area contributed by atoms with Crippen LogP contribution in [0.2, 0.25) is 0 Å². The molecule has 0 bridgehead atoms. The Kier molecular flexibility index (Phi) is 5.24. The summed E-state index contributed by atoms with van der Waals surface area (Å²) in [6.07, 6.45) is 1.63. The van der Waals surface area contributed by atoms with Crippen LogP contribution < -0.4 is 5.32 Å². The third-order valence-electron chi connectivity index (χ3n) is 4.54. The fourth-order valence-electron chi connectivity index (χ4n) is 3.08. The highest BCUT2D eigenvalue weighted by Crippen LogP contribution is 2.32. The molecular formula is C18H21N3O4S. The molecule has 1 fully saturated rings. The molecule has 3 rings (SSSR count). The summed E-state index contributed by atoms with van der Waals surface area (Å²) in [5.74, 6) is 0. The quantitative estimate of drug-likeness (QED) is 0.616. The van der Waals surface area contributed by atoms with E-state index in [-0.39, 0.29) is 16.6 Å².